The molecule has 1 atom stereocenters. The average molecular weight is 283 g/mol. The summed E-state index contributed by atoms with van der Waals surface area (Å²) in [5, 5.41) is 12.2. The Hall–Kier alpha value is -1.75. The van der Waals surface area contributed by atoms with Gasteiger partial charge in [0.05, 0.1) is 5.92 Å². The maximum Gasteiger partial charge on any atom is 0.321 e. The van der Waals surface area contributed by atoms with Crippen molar-refractivity contribution in [1.82, 2.24) is 4.90 Å². The highest BCUT2D eigenvalue weighted by Crippen LogP contribution is 2.25. The smallest absolute Gasteiger partial charge is 0.321 e. The van der Waals surface area contributed by atoms with Gasteiger partial charge in [0.25, 0.3) is 0 Å². The number of carbonyl (C=O) groups excluding carboxylic acids is 1. The lowest BCUT2D eigenvalue weighted by atomic mass is 9.87. The zero-order valence-corrected chi connectivity index (χ0v) is 11.2. The van der Waals surface area contributed by atoms with Crippen molar-refractivity contribution < 1.29 is 14.7 Å². The highest BCUT2D eigenvalue weighted by atomic mass is 35.5. The molecule has 1 aromatic rings. The van der Waals surface area contributed by atoms with Gasteiger partial charge < -0.3 is 15.3 Å². The monoisotopic (exact) mass is 282 g/mol. The van der Waals surface area contributed by atoms with Crippen LogP contribution in [-0.4, -0.2) is 35.1 Å². The molecular weight excluding hydrogens is 268 g/mol. The summed E-state index contributed by atoms with van der Waals surface area (Å²) in [4.78, 5) is 24.3. The molecule has 0 saturated carbocycles. The third-order valence-electron chi connectivity index (χ3n) is 3.37. The first-order valence-electron chi connectivity index (χ1n) is 6.01. The Morgan fingerprint density at radius 1 is 1.47 bits per heavy atom. The van der Waals surface area contributed by atoms with Gasteiger partial charge in [-0.2, -0.15) is 0 Å². The van der Waals surface area contributed by atoms with E-state index in [1.807, 2.05) is 0 Å². The van der Waals surface area contributed by atoms with Crippen LogP contribution in [0.15, 0.2) is 24.3 Å². The second-order valence-electron chi connectivity index (χ2n) is 4.73. The molecule has 5 nitrogen and oxygen atoms in total. The van der Waals surface area contributed by atoms with E-state index in [2.05, 4.69) is 5.32 Å². The lowest BCUT2D eigenvalue weighted by Gasteiger charge is -2.41. The first-order valence-corrected chi connectivity index (χ1v) is 6.39. The summed E-state index contributed by atoms with van der Waals surface area (Å²) in [7, 11) is 0. The van der Waals surface area contributed by atoms with Gasteiger partial charge in [-0.05, 0) is 18.2 Å². The number of likely N-dealkylation sites (tertiary alicyclic amines) is 1. The van der Waals surface area contributed by atoms with E-state index in [4.69, 9.17) is 16.7 Å². The van der Waals surface area contributed by atoms with Crippen LogP contribution in [0, 0.1) is 11.8 Å². The molecule has 2 amide bonds. The molecule has 1 aromatic carbocycles. The fourth-order valence-electron chi connectivity index (χ4n) is 1.97. The Morgan fingerprint density at radius 3 is 2.74 bits per heavy atom. The Morgan fingerprint density at radius 2 is 2.16 bits per heavy atom. The van der Waals surface area contributed by atoms with Crippen molar-refractivity contribution in [2.75, 3.05) is 18.4 Å². The van der Waals surface area contributed by atoms with Gasteiger partial charge in [0.1, 0.15) is 0 Å². The molecule has 0 spiro atoms. The molecule has 19 heavy (non-hydrogen) atoms. The molecule has 2 rings (SSSR count). The summed E-state index contributed by atoms with van der Waals surface area (Å²) in [6, 6.07) is 6.67. The van der Waals surface area contributed by atoms with Gasteiger partial charge in [-0.1, -0.05) is 24.6 Å². The topological polar surface area (TPSA) is 69.6 Å². The number of carboxylic acids is 1. The molecule has 102 valence electrons. The zero-order chi connectivity index (χ0) is 14.0. The van der Waals surface area contributed by atoms with Gasteiger partial charge in [0.15, 0.2) is 0 Å². The van der Waals surface area contributed by atoms with Crippen LogP contribution >= 0.6 is 11.6 Å². The number of hydrogen-bond donors (Lipinski definition) is 2. The minimum atomic E-state index is -0.820. The molecule has 1 fully saturated rings. The number of halogens is 1. The van der Waals surface area contributed by atoms with Crippen molar-refractivity contribution in [3.8, 4) is 0 Å². The van der Waals surface area contributed by atoms with Gasteiger partial charge in [0.2, 0.25) is 0 Å². The molecule has 0 aliphatic carbocycles. The largest absolute Gasteiger partial charge is 0.481 e. The number of urea groups is 1. The van der Waals surface area contributed by atoms with Crippen LogP contribution in [0.25, 0.3) is 0 Å². The summed E-state index contributed by atoms with van der Waals surface area (Å²) in [5.74, 6) is -1.21. The molecule has 1 saturated heterocycles. The normalized spacial score (nSPS) is 16.6. The number of amides is 2. The summed E-state index contributed by atoms with van der Waals surface area (Å²) in [6.07, 6.45) is 0. The van der Waals surface area contributed by atoms with Crippen LogP contribution in [0.4, 0.5) is 10.5 Å². The van der Waals surface area contributed by atoms with E-state index in [0.29, 0.717) is 23.8 Å². The van der Waals surface area contributed by atoms with Crippen LogP contribution < -0.4 is 5.32 Å². The Kier molecular flexibility index (Phi) is 3.95. The van der Waals surface area contributed by atoms with Crippen LogP contribution in [0.3, 0.4) is 0 Å². The third kappa shape index (κ3) is 3.17. The van der Waals surface area contributed by atoms with E-state index in [9.17, 15) is 9.59 Å². The maximum atomic E-state index is 11.9. The minimum Gasteiger partial charge on any atom is -0.481 e. The number of carboxylic acid groups (broad SMARTS) is 1. The lowest BCUT2D eigenvalue weighted by Crippen LogP contribution is -2.54. The standard InChI is InChI=1S/C13H15ClN2O3/c1-8(12(17)18)9-6-16(7-9)13(19)15-11-4-2-3-10(14)5-11/h2-5,8-9H,6-7H2,1H3,(H,15,19)(H,17,18). The number of benzene rings is 1. The molecule has 0 bridgehead atoms. The first kappa shape index (κ1) is 13.7. The van der Waals surface area contributed by atoms with E-state index in [1.54, 1.807) is 36.1 Å². The van der Waals surface area contributed by atoms with Crippen molar-refractivity contribution in [3.05, 3.63) is 29.3 Å². The predicted molar refractivity (Wildman–Crippen MR) is 72.3 cm³/mol. The van der Waals surface area contributed by atoms with Crippen LogP contribution in [-0.2, 0) is 4.79 Å². The zero-order valence-electron chi connectivity index (χ0n) is 10.5. The van der Waals surface area contributed by atoms with Gasteiger partial charge >= 0.3 is 12.0 Å². The molecule has 1 heterocycles. The van der Waals surface area contributed by atoms with E-state index in [1.165, 1.54) is 0 Å². The SMILES string of the molecule is CC(C(=O)O)C1CN(C(=O)Nc2cccc(Cl)c2)C1. The minimum absolute atomic E-state index is 0.0302. The van der Waals surface area contributed by atoms with Crippen molar-refractivity contribution in [1.29, 1.82) is 0 Å². The second kappa shape index (κ2) is 5.48. The number of aliphatic carboxylic acids is 1. The first-order chi connectivity index (χ1) is 8.97. The fourth-order valence-corrected chi connectivity index (χ4v) is 2.16. The molecule has 0 radical (unpaired) electrons. The maximum absolute atomic E-state index is 11.9. The second-order valence-corrected chi connectivity index (χ2v) is 5.17. The van der Waals surface area contributed by atoms with E-state index in [0.717, 1.165) is 0 Å². The van der Waals surface area contributed by atoms with Gasteiger partial charge in [-0.3, -0.25) is 4.79 Å². The highest BCUT2D eigenvalue weighted by Gasteiger charge is 2.37. The molecule has 1 unspecified atom stereocenters. The summed E-state index contributed by atoms with van der Waals surface area (Å²) in [6.45, 7) is 2.61. The van der Waals surface area contributed by atoms with Crippen LogP contribution in [0.5, 0.6) is 0 Å². The quantitative estimate of drug-likeness (QED) is 0.895. The number of anilines is 1. The van der Waals surface area contributed by atoms with Gasteiger partial charge in [-0.15, -0.1) is 0 Å². The van der Waals surface area contributed by atoms with Crippen molar-refractivity contribution in [2.24, 2.45) is 11.8 Å². The number of carbonyl (C=O) groups is 2. The molecule has 1 aliphatic rings. The summed E-state index contributed by atoms with van der Waals surface area (Å²) in [5.41, 5.74) is 0.632. The molecule has 1 aliphatic heterocycles. The summed E-state index contributed by atoms with van der Waals surface area (Å²) < 4.78 is 0. The van der Waals surface area contributed by atoms with Gasteiger partial charge in [-0.25, -0.2) is 4.79 Å². The number of hydrogen-bond acceptors (Lipinski definition) is 2. The third-order valence-corrected chi connectivity index (χ3v) is 3.60. The Balaban J connectivity index is 1.85. The number of nitrogens with zero attached hydrogens (tertiary/aromatic N) is 1. The Labute approximate surface area is 116 Å². The van der Waals surface area contributed by atoms with Gasteiger partial charge in [0, 0.05) is 29.7 Å². The molecule has 6 heteroatoms. The summed E-state index contributed by atoms with van der Waals surface area (Å²) >= 11 is 5.83. The van der Waals surface area contributed by atoms with E-state index >= 15 is 0 Å². The van der Waals surface area contributed by atoms with Crippen LogP contribution in [0.2, 0.25) is 5.02 Å². The van der Waals surface area contributed by atoms with Crippen molar-refractivity contribution in [2.45, 2.75) is 6.92 Å². The average Bonchev–Trinajstić information content (AvgIpc) is 2.26. The molecule has 0 aromatic heterocycles. The molecule has 2 N–H and O–H groups in total. The lowest BCUT2D eigenvalue weighted by molar-refractivity contribution is -0.144. The van der Waals surface area contributed by atoms with Crippen molar-refractivity contribution >= 4 is 29.3 Å². The number of rotatable bonds is 3. The van der Waals surface area contributed by atoms with Crippen LogP contribution in [0.1, 0.15) is 6.92 Å². The predicted octanol–water partition coefficient (Wildman–Crippen LogP) is 2.52. The van der Waals surface area contributed by atoms with E-state index in [-0.39, 0.29) is 11.9 Å². The van der Waals surface area contributed by atoms with E-state index < -0.39 is 11.9 Å². The highest BCUT2D eigenvalue weighted by molar-refractivity contribution is 6.30. The molecular formula is C13H15ClN2O3. The van der Waals surface area contributed by atoms with Crippen molar-refractivity contribution in [3.63, 3.8) is 0 Å². The fraction of sp³-hybridized carbons (Fsp3) is 0.385. The Bertz CT molecular complexity index is 500. The number of nitrogens with one attached hydrogen (secondary N) is 1.